The van der Waals surface area contributed by atoms with Crippen LogP contribution in [0.25, 0.3) is 0 Å². The zero-order valence-electron chi connectivity index (χ0n) is 10.4. The fourth-order valence-corrected chi connectivity index (χ4v) is 3.09. The fraction of sp³-hybridized carbons (Fsp3) is 0.500. The van der Waals surface area contributed by atoms with E-state index in [1.165, 1.54) is 20.3 Å². The van der Waals surface area contributed by atoms with Crippen molar-refractivity contribution in [3.63, 3.8) is 0 Å². The lowest BCUT2D eigenvalue weighted by atomic mass is 10.3. The molecule has 1 aromatic carbocycles. The lowest BCUT2D eigenvalue weighted by Gasteiger charge is -2.10. The maximum absolute atomic E-state index is 12.0. The molecule has 0 aliphatic carbocycles. The Hall–Kier alpha value is -1.23. The summed E-state index contributed by atoms with van der Waals surface area (Å²) < 4.78 is 34.2. The molecule has 0 radical (unpaired) electrons. The number of benzene rings is 1. The Morgan fingerprint density at radius 3 is 2.41 bits per heavy atom. The van der Waals surface area contributed by atoms with E-state index in [9.17, 15) is 8.42 Å². The van der Waals surface area contributed by atoms with E-state index >= 15 is 0 Å². The first kappa shape index (κ1) is 13.8. The summed E-state index contributed by atoms with van der Waals surface area (Å²) in [6.45, 7) is 1.96. The minimum absolute atomic E-state index is 0.145. The molecule has 0 aliphatic rings. The number of sulfone groups is 1. The van der Waals surface area contributed by atoms with Crippen molar-refractivity contribution < 1.29 is 17.9 Å². The van der Waals surface area contributed by atoms with Gasteiger partial charge in [0.1, 0.15) is 16.4 Å². The number of methoxy groups -OCH3 is 2. The van der Waals surface area contributed by atoms with E-state index in [4.69, 9.17) is 9.47 Å². The molecule has 0 spiro atoms. The summed E-state index contributed by atoms with van der Waals surface area (Å²) in [6, 6.07) is 4.74. The van der Waals surface area contributed by atoms with Crippen LogP contribution in [0.1, 0.15) is 19.8 Å². The minimum Gasteiger partial charge on any atom is -0.497 e. The van der Waals surface area contributed by atoms with Crippen molar-refractivity contribution >= 4 is 9.84 Å². The third kappa shape index (κ3) is 3.36. The molecule has 0 aliphatic heterocycles. The van der Waals surface area contributed by atoms with Gasteiger partial charge in [0.25, 0.3) is 0 Å². The standard InChI is InChI=1S/C12H18O4S/c1-4-5-8-17(13,14)12-7-6-10(15-2)9-11(12)16-3/h6-7,9H,4-5,8H2,1-3H3. The van der Waals surface area contributed by atoms with Crippen LogP contribution in [0.4, 0.5) is 0 Å². The van der Waals surface area contributed by atoms with E-state index in [2.05, 4.69) is 0 Å². The van der Waals surface area contributed by atoms with Crippen LogP contribution in [0, 0.1) is 0 Å². The average Bonchev–Trinajstić information content (AvgIpc) is 2.35. The summed E-state index contributed by atoms with van der Waals surface area (Å²) in [7, 11) is -0.291. The van der Waals surface area contributed by atoms with Crippen molar-refractivity contribution in [2.45, 2.75) is 24.7 Å². The molecule has 1 rings (SSSR count). The molecule has 0 bridgehead atoms. The van der Waals surface area contributed by atoms with Crippen LogP contribution in [-0.4, -0.2) is 28.4 Å². The van der Waals surface area contributed by atoms with Crippen LogP contribution in [0.2, 0.25) is 0 Å². The maximum atomic E-state index is 12.0. The molecule has 4 nitrogen and oxygen atoms in total. The van der Waals surface area contributed by atoms with Crippen LogP contribution in [0.15, 0.2) is 23.1 Å². The fourth-order valence-electron chi connectivity index (χ4n) is 1.48. The Bertz CT molecular complexity index is 465. The van der Waals surface area contributed by atoms with Crippen LogP contribution < -0.4 is 9.47 Å². The number of unbranched alkanes of at least 4 members (excludes halogenated alkanes) is 1. The monoisotopic (exact) mass is 258 g/mol. The molecule has 0 atom stereocenters. The van der Waals surface area contributed by atoms with Crippen LogP contribution >= 0.6 is 0 Å². The van der Waals surface area contributed by atoms with E-state index in [0.717, 1.165) is 6.42 Å². The quantitative estimate of drug-likeness (QED) is 0.785. The molecule has 0 heterocycles. The number of ether oxygens (including phenoxy) is 2. The van der Waals surface area contributed by atoms with E-state index in [1.807, 2.05) is 6.92 Å². The summed E-state index contributed by atoms with van der Waals surface area (Å²) in [4.78, 5) is 0.231. The summed E-state index contributed by atoms with van der Waals surface area (Å²) >= 11 is 0. The highest BCUT2D eigenvalue weighted by atomic mass is 32.2. The zero-order chi connectivity index (χ0) is 12.9. The largest absolute Gasteiger partial charge is 0.497 e. The molecule has 0 N–H and O–H groups in total. The first-order valence-electron chi connectivity index (χ1n) is 5.50. The summed E-state index contributed by atoms with van der Waals surface area (Å²) in [5, 5.41) is 0. The van der Waals surface area contributed by atoms with Gasteiger partial charge in [0.15, 0.2) is 9.84 Å². The second kappa shape index (κ2) is 5.91. The molecule has 96 valence electrons. The molecule has 0 aromatic heterocycles. The molecule has 5 heteroatoms. The van der Waals surface area contributed by atoms with Crippen molar-refractivity contribution in [2.75, 3.05) is 20.0 Å². The van der Waals surface area contributed by atoms with Crippen molar-refractivity contribution in [1.82, 2.24) is 0 Å². The third-order valence-electron chi connectivity index (χ3n) is 2.47. The molecule has 0 amide bonds. The Balaban J connectivity index is 3.12. The molecule has 0 fully saturated rings. The molecule has 17 heavy (non-hydrogen) atoms. The van der Waals surface area contributed by atoms with Gasteiger partial charge in [-0.05, 0) is 18.6 Å². The second-order valence-corrected chi connectivity index (χ2v) is 5.77. The van der Waals surface area contributed by atoms with Gasteiger partial charge in [0, 0.05) is 6.07 Å². The van der Waals surface area contributed by atoms with Gasteiger partial charge in [-0.25, -0.2) is 8.42 Å². The normalized spacial score (nSPS) is 11.2. The Labute approximate surface area is 102 Å². The Morgan fingerprint density at radius 2 is 1.88 bits per heavy atom. The Morgan fingerprint density at radius 1 is 1.18 bits per heavy atom. The molecular formula is C12H18O4S. The van der Waals surface area contributed by atoms with Gasteiger partial charge in [-0.1, -0.05) is 13.3 Å². The van der Waals surface area contributed by atoms with Crippen molar-refractivity contribution in [1.29, 1.82) is 0 Å². The van der Waals surface area contributed by atoms with Crippen LogP contribution in [-0.2, 0) is 9.84 Å². The molecule has 0 saturated carbocycles. The zero-order valence-corrected chi connectivity index (χ0v) is 11.2. The van der Waals surface area contributed by atoms with Gasteiger partial charge < -0.3 is 9.47 Å². The van der Waals surface area contributed by atoms with Crippen LogP contribution in [0.3, 0.4) is 0 Å². The van der Waals surface area contributed by atoms with Gasteiger partial charge in [0.2, 0.25) is 0 Å². The first-order valence-corrected chi connectivity index (χ1v) is 7.15. The topological polar surface area (TPSA) is 52.6 Å². The molecule has 0 saturated heterocycles. The van der Waals surface area contributed by atoms with Gasteiger partial charge in [0.05, 0.1) is 20.0 Å². The molecule has 0 unspecified atom stereocenters. The lowest BCUT2D eigenvalue weighted by Crippen LogP contribution is -2.08. The van der Waals surface area contributed by atoms with E-state index < -0.39 is 9.84 Å². The predicted octanol–water partition coefficient (Wildman–Crippen LogP) is 2.28. The van der Waals surface area contributed by atoms with Gasteiger partial charge in [-0.3, -0.25) is 0 Å². The summed E-state index contributed by atoms with van der Waals surface area (Å²) in [5.41, 5.74) is 0. The molecular weight excluding hydrogens is 240 g/mol. The van der Waals surface area contributed by atoms with Gasteiger partial charge in [-0.15, -0.1) is 0 Å². The summed E-state index contributed by atoms with van der Waals surface area (Å²) in [6.07, 6.45) is 1.50. The molecule has 1 aromatic rings. The second-order valence-electron chi connectivity index (χ2n) is 3.69. The smallest absolute Gasteiger partial charge is 0.182 e. The highest BCUT2D eigenvalue weighted by Gasteiger charge is 2.19. The third-order valence-corrected chi connectivity index (χ3v) is 4.31. The van der Waals surface area contributed by atoms with Crippen molar-refractivity contribution in [3.05, 3.63) is 18.2 Å². The summed E-state index contributed by atoms with van der Waals surface area (Å²) in [5.74, 6) is 1.06. The van der Waals surface area contributed by atoms with Crippen LogP contribution in [0.5, 0.6) is 11.5 Å². The SMILES string of the molecule is CCCCS(=O)(=O)c1ccc(OC)cc1OC. The number of rotatable bonds is 6. The van der Waals surface area contributed by atoms with Gasteiger partial charge in [-0.2, -0.15) is 0 Å². The lowest BCUT2D eigenvalue weighted by molar-refractivity contribution is 0.386. The number of hydrogen-bond acceptors (Lipinski definition) is 4. The number of hydrogen-bond donors (Lipinski definition) is 0. The van der Waals surface area contributed by atoms with Crippen molar-refractivity contribution in [3.8, 4) is 11.5 Å². The average molecular weight is 258 g/mol. The highest BCUT2D eigenvalue weighted by Crippen LogP contribution is 2.29. The van der Waals surface area contributed by atoms with E-state index in [0.29, 0.717) is 17.9 Å². The maximum Gasteiger partial charge on any atom is 0.182 e. The van der Waals surface area contributed by atoms with E-state index in [1.54, 1.807) is 12.1 Å². The first-order chi connectivity index (χ1) is 8.05. The van der Waals surface area contributed by atoms with Gasteiger partial charge >= 0.3 is 0 Å². The van der Waals surface area contributed by atoms with E-state index in [-0.39, 0.29) is 10.6 Å². The minimum atomic E-state index is -3.27. The highest BCUT2D eigenvalue weighted by molar-refractivity contribution is 7.91. The Kier molecular flexibility index (Phi) is 4.81. The van der Waals surface area contributed by atoms with Crippen molar-refractivity contribution in [2.24, 2.45) is 0 Å². The predicted molar refractivity (Wildman–Crippen MR) is 66.5 cm³/mol.